The molecule has 0 fully saturated rings. The second-order valence-electron chi connectivity index (χ2n) is 4.95. The summed E-state index contributed by atoms with van der Waals surface area (Å²) in [5.41, 5.74) is 2.98. The number of fused-ring (bicyclic) bond motifs is 1. The molecule has 1 N–H and O–H groups in total. The third-order valence-electron chi connectivity index (χ3n) is 3.79. The molecule has 5 heteroatoms. The van der Waals surface area contributed by atoms with Gasteiger partial charge in [-0.3, -0.25) is 4.90 Å². The van der Waals surface area contributed by atoms with E-state index in [9.17, 15) is 9.90 Å². The number of likely N-dealkylation sites (N-methyl/N-ethyl adjacent to an activating group) is 1. The predicted molar refractivity (Wildman–Crippen MR) is 75.2 cm³/mol. The zero-order chi connectivity index (χ0) is 14.1. The van der Waals surface area contributed by atoms with Crippen molar-refractivity contribution in [1.82, 2.24) is 14.7 Å². The summed E-state index contributed by atoms with van der Waals surface area (Å²) in [7, 11) is 0. The zero-order valence-electron chi connectivity index (χ0n) is 11.4. The maximum Gasteiger partial charge on any atom is 0.356 e. The van der Waals surface area contributed by atoms with E-state index in [-0.39, 0.29) is 5.69 Å². The molecule has 0 spiro atoms. The highest BCUT2D eigenvalue weighted by Gasteiger charge is 2.27. The Morgan fingerprint density at radius 2 is 2.10 bits per heavy atom. The van der Waals surface area contributed by atoms with Gasteiger partial charge < -0.3 is 5.11 Å². The van der Waals surface area contributed by atoms with Crippen molar-refractivity contribution in [1.29, 1.82) is 0 Å². The SMILES string of the molecule is CCN1CCc2c(c(C(=O)O)nn2-c2ccccc2)C1. The fourth-order valence-corrected chi connectivity index (χ4v) is 2.70. The summed E-state index contributed by atoms with van der Waals surface area (Å²) >= 11 is 0. The highest BCUT2D eigenvalue weighted by Crippen LogP contribution is 2.25. The van der Waals surface area contributed by atoms with Crippen molar-refractivity contribution in [3.05, 3.63) is 47.3 Å². The van der Waals surface area contributed by atoms with E-state index in [2.05, 4.69) is 16.9 Å². The molecule has 0 saturated carbocycles. The van der Waals surface area contributed by atoms with Gasteiger partial charge in [-0.05, 0) is 18.7 Å². The van der Waals surface area contributed by atoms with E-state index in [0.29, 0.717) is 6.54 Å². The first-order valence-electron chi connectivity index (χ1n) is 6.82. The van der Waals surface area contributed by atoms with Crippen LogP contribution in [0, 0.1) is 0 Å². The van der Waals surface area contributed by atoms with Crippen LogP contribution in [0.25, 0.3) is 5.69 Å². The Morgan fingerprint density at radius 3 is 2.75 bits per heavy atom. The Hall–Kier alpha value is -2.14. The zero-order valence-corrected chi connectivity index (χ0v) is 11.4. The maximum absolute atomic E-state index is 11.4. The monoisotopic (exact) mass is 271 g/mol. The summed E-state index contributed by atoms with van der Waals surface area (Å²) in [4.78, 5) is 13.7. The third-order valence-corrected chi connectivity index (χ3v) is 3.79. The van der Waals surface area contributed by atoms with Crippen molar-refractivity contribution >= 4 is 5.97 Å². The molecule has 0 amide bonds. The van der Waals surface area contributed by atoms with Crippen LogP contribution in [-0.4, -0.2) is 38.8 Å². The molecule has 0 aliphatic carbocycles. The van der Waals surface area contributed by atoms with E-state index in [1.165, 1.54) is 0 Å². The van der Waals surface area contributed by atoms with Gasteiger partial charge in [-0.15, -0.1) is 0 Å². The number of carboxylic acids is 1. The summed E-state index contributed by atoms with van der Waals surface area (Å²) < 4.78 is 1.78. The number of benzene rings is 1. The Balaban J connectivity index is 2.12. The molecule has 1 aromatic heterocycles. The molecular formula is C15H17N3O2. The molecule has 0 atom stereocenters. The molecule has 0 bridgehead atoms. The van der Waals surface area contributed by atoms with Gasteiger partial charge in [0.2, 0.25) is 0 Å². The van der Waals surface area contributed by atoms with E-state index in [0.717, 1.165) is 36.5 Å². The minimum absolute atomic E-state index is 0.182. The number of aromatic carboxylic acids is 1. The fourth-order valence-electron chi connectivity index (χ4n) is 2.70. The molecule has 0 unspecified atom stereocenters. The van der Waals surface area contributed by atoms with Gasteiger partial charge in [0.1, 0.15) is 0 Å². The van der Waals surface area contributed by atoms with Crippen LogP contribution in [-0.2, 0) is 13.0 Å². The number of carboxylic acid groups (broad SMARTS) is 1. The van der Waals surface area contributed by atoms with Gasteiger partial charge in [0.05, 0.1) is 11.4 Å². The molecule has 3 rings (SSSR count). The van der Waals surface area contributed by atoms with Gasteiger partial charge in [-0.25, -0.2) is 9.48 Å². The lowest BCUT2D eigenvalue weighted by Crippen LogP contribution is -2.31. The highest BCUT2D eigenvalue weighted by atomic mass is 16.4. The Kier molecular flexibility index (Phi) is 3.28. The normalized spacial score (nSPS) is 15.1. The maximum atomic E-state index is 11.4. The molecule has 0 saturated heterocycles. The first-order chi connectivity index (χ1) is 9.70. The number of hydrogen-bond acceptors (Lipinski definition) is 3. The number of carbonyl (C=O) groups is 1. The molecule has 104 valence electrons. The average Bonchev–Trinajstić information content (AvgIpc) is 2.87. The quantitative estimate of drug-likeness (QED) is 0.927. The summed E-state index contributed by atoms with van der Waals surface area (Å²) in [5, 5.41) is 13.7. The minimum Gasteiger partial charge on any atom is -0.476 e. The van der Waals surface area contributed by atoms with Gasteiger partial charge in [0.25, 0.3) is 0 Å². The molecule has 1 aliphatic rings. The summed E-state index contributed by atoms with van der Waals surface area (Å²) in [6, 6.07) is 9.71. The van der Waals surface area contributed by atoms with Crippen molar-refractivity contribution in [3.8, 4) is 5.69 Å². The minimum atomic E-state index is -0.950. The van der Waals surface area contributed by atoms with Gasteiger partial charge in [-0.2, -0.15) is 5.10 Å². The van der Waals surface area contributed by atoms with Crippen LogP contribution in [0.3, 0.4) is 0 Å². The third kappa shape index (κ3) is 2.10. The summed E-state index contributed by atoms with van der Waals surface area (Å²) in [6.07, 6.45) is 0.832. The fraction of sp³-hybridized carbons (Fsp3) is 0.333. The van der Waals surface area contributed by atoms with E-state index >= 15 is 0 Å². The lowest BCUT2D eigenvalue weighted by Gasteiger charge is -2.26. The standard InChI is InChI=1S/C15H17N3O2/c1-2-17-9-8-13-12(10-17)14(15(19)20)16-18(13)11-6-4-3-5-7-11/h3-7H,2,8-10H2,1H3,(H,19,20). The van der Waals surface area contributed by atoms with Crippen LogP contribution < -0.4 is 0 Å². The number of hydrogen-bond donors (Lipinski definition) is 1. The highest BCUT2D eigenvalue weighted by molar-refractivity contribution is 5.87. The van der Waals surface area contributed by atoms with Crippen LogP contribution in [0.5, 0.6) is 0 Å². The van der Waals surface area contributed by atoms with Crippen LogP contribution >= 0.6 is 0 Å². The van der Waals surface area contributed by atoms with Crippen LogP contribution in [0.4, 0.5) is 0 Å². The van der Waals surface area contributed by atoms with E-state index in [4.69, 9.17) is 0 Å². The van der Waals surface area contributed by atoms with Gasteiger partial charge in [0, 0.05) is 25.1 Å². The van der Waals surface area contributed by atoms with Crippen LogP contribution in [0.2, 0.25) is 0 Å². The first-order valence-corrected chi connectivity index (χ1v) is 6.82. The Labute approximate surface area is 117 Å². The van der Waals surface area contributed by atoms with E-state index < -0.39 is 5.97 Å². The van der Waals surface area contributed by atoms with E-state index in [1.54, 1.807) is 4.68 Å². The first kappa shape index (κ1) is 12.9. The Morgan fingerprint density at radius 1 is 1.35 bits per heavy atom. The molecule has 1 aliphatic heterocycles. The van der Waals surface area contributed by atoms with Crippen molar-refractivity contribution in [2.45, 2.75) is 19.9 Å². The van der Waals surface area contributed by atoms with Gasteiger partial charge >= 0.3 is 5.97 Å². The second-order valence-corrected chi connectivity index (χ2v) is 4.95. The van der Waals surface area contributed by atoms with Gasteiger partial charge in [-0.1, -0.05) is 25.1 Å². The van der Waals surface area contributed by atoms with Gasteiger partial charge in [0.15, 0.2) is 5.69 Å². The number of rotatable bonds is 3. The molecule has 2 heterocycles. The second kappa shape index (κ2) is 5.09. The summed E-state index contributed by atoms with van der Waals surface area (Å²) in [5.74, 6) is -0.950. The topological polar surface area (TPSA) is 58.4 Å². The molecule has 2 aromatic rings. The molecule has 0 radical (unpaired) electrons. The smallest absolute Gasteiger partial charge is 0.356 e. The van der Waals surface area contributed by atoms with Crippen molar-refractivity contribution in [3.63, 3.8) is 0 Å². The molecule has 1 aromatic carbocycles. The number of nitrogens with zero attached hydrogens (tertiary/aromatic N) is 3. The average molecular weight is 271 g/mol. The van der Waals surface area contributed by atoms with E-state index in [1.807, 2.05) is 30.3 Å². The lowest BCUT2D eigenvalue weighted by molar-refractivity contribution is 0.0687. The number of aromatic nitrogens is 2. The van der Waals surface area contributed by atoms with Crippen molar-refractivity contribution in [2.24, 2.45) is 0 Å². The molecule has 5 nitrogen and oxygen atoms in total. The molecular weight excluding hydrogens is 254 g/mol. The van der Waals surface area contributed by atoms with Crippen molar-refractivity contribution in [2.75, 3.05) is 13.1 Å². The van der Waals surface area contributed by atoms with Crippen LogP contribution in [0.15, 0.2) is 30.3 Å². The lowest BCUT2D eigenvalue weighted by atomic mass is 10.0. The number of para-hydroxylation sites is 1. The summed E-state index contributed by atoms with van der Waals surface area (Å²) in [6.45, 7) is 4.63. The Bertz CT molecular complexity index is 634. The van der Waals surface area contributed by atoms with Crippen molar-refractivity contribution < 1.29 is 9.90 Å². The van der Waals surface area contributed by atoms with Crippen LogP contribution in [0.1, 0.15) is 28.7 Å². The largest absolute Gasteiger partial charge is 0.476 e. The predicted octanol–water partition coefficient (Wildman–Crippen LogP) is 1.95. The molecule has 20 heavy (non-hydrogen) atoms.